The molecule has 0 heterocycles. The van der Waals surface area contributed by atoms with Crippen LogP contribution in [0.3, 0.4) is 0 Å². The number of halogens is 2. The lowest BCUT2D eigenvalue weighted by molar-refractivity contribution is 0.140. The van der Waals surface area contributed by atoms with E-state index in [1.807, 2.05) is 36.4 Å². The maximum absolute atomic E-state index is 13.5. The first-order valence-electron chi connectivity index (χ1n) is 9.27. The Morgan fingerprint density at radius 2 is 1.45 bits per heavy atom. The van der Waals surface area contributed by atoms with Gasteiger partial charge < -0.3 is 9.47 Å². The van der Waals surface area contributed by atoms with Gasteiger partial charge in [-0.15, -0.1) is 11.6 Å². The van der Waals surface area contributed by atoms with Gasteiger partial charge in [0.25, 0.3) is 11.0 Å². The molecule has 0 fully saturated rings. The van der Waals surface area contributed by atoms with E-state index in [2.05, 4.69) is 18.0 Å². The van der Waals surface area contributed by atoms with Crippen molar-refractivity contribution in [1.82, 2.24) is 0 Å². The average molecular weight is 445 g/mol. The van der Waals surface area contributed by atoms with E-state index in [1.54, 1.807) is 12.1 Å². The van der Waals surface area contributed by atoms with Crippen LogP contribution in [0.5, 0.6) is 11.5 Å². The van der Waals surface area contributed by atoms with Gasteiger partial charge in [0, 0.05) is 11.3 Å². The summed E-state index contributed by atoms with van der Waals surface area (Å²) >= 11 is 5.66. The molecule has 0 N–H and O–H groups in total. The molecule has 0 aliphatic carbocycles. The van der Waals surface area contributed by atoms with Crippen molar-refractivity contribution < 1.29 is 26.5 Å². The molecular formula is C21H26ClFO5S. The molecule has 0 bridgehead atoms. The molecule has 160 valence electrons. The maximum atomic E-state index is 13.5. The van der Waals surface area contributed by atoms with E-state index in [-0.39, 0.29) is 12.0 Å². The van der Waals surface area contributed by atoms with E-state index >= 15 is 0 Å². The molecule has 0 spiro atoms. The van der Waals surface area contributed by atoms with Crippen LogP contribution in [0.1, 0.15) is 31.4 Å². The van der Waals surface area contributed by atoms with Crippen LogP contribution in [0.15, 0.2) is 48.5 Å². The fourth-order valence-electron chi connectivity index (χ4n) is 2.72. The highest BCUT2D eigenvalue weighted by Crippen LogP contribution is 2.33. The van der Waals surface area contributed by atoms with Crippen LogP contribution >= 0.6 is 11.6 Å². The van der Waals surface area contributed by atoms with E-state index in [0.29, 0.717) is 18.2 Å². The van der Waals surface area contributed by atoms with E-state index in [9.17, 15) is 12.8 Å². The van der Waals surface area contributed by atoms with Crippen molar-refractivity contribution in [2.45, 2.75) is 31.9 Å². The van der Waals surface area contributed by atoms with Crippen molar-refractivity contribution in [1.29, 1.82) is 0 Å². The van der Waals surface area contributed by atoms with Crippen LogP contribution in [-0.4, -0.2) is 40.3 Å². The summed E-state index contributed by atoms with van der Waals surface area (Å²) in [6.07, 6.45) is -0.720. The summed E-state index contributed by atoms with van der Waals surface area (Å²) in [4.78, 5) is 0. The van der Waals surface area contributed by atoms with Crippen LogP contribution in [0.2, 0.25) is 0 Å². The molecule has 5 nitrogen and oxygen atoms in total. The van der Waals surface area contributed by atoms with Crippen LogP contribution in [0.4, 0.5) is 4.39 Å². The van der Waals surface area contributed by atoms with Crippen LogP contribution in [0, 0.1) is 0 Å². The summed E-state index contributed by atoms with van der Waals surface area (Å²) in [7, 11) is -3.05. The summed E-state index contributed by atoms with van der Waals surface area (Å²) < 4.78 is 49.4. The quantitative estimate of drug-likeness (QED) is 0.301. The number of rotatable bonds is 12. The first-order valence-corrected chi connectivity index (χ1v) is 10.9. The van der Waals surface area contributed by atoms with Gasteiger partial charge in [0.05, 0.1) is 6.61 Å². The number of ether oxygens (including phenoxy) is 2. The maximum Gasteiger partial charge on any atom is 0.257 e. The SMILES string of the molecule is CC(C)(c1ccc(OCCCCl)cc1)c1ccc(OCC(F)CO[SH](=O)=O)cc1. The smallest absolute Gasteiger partial charge is 0.257 e. The molecule has 0 aliphatic heterocycles. The fourth-order valence-corrected chi connectivity index (χ4v) is 3.12. The summed E-state index contributed by atoms with van der Waals surface area (Å²) in [5.41, 5.74) is 1.95. The van der Waals surface area contributed by atoms with Gasteiger partial charge in [-0.1, -0.05) is 38.1 Å². The Labute approximate surface area is 177 Å². The van der Waals surface area contributed by atoms with Crippen molar-refractivity contribution in [3.63, 3.8) is 0 Å². The van der Waals surface area contributed by atoms with E-state index in [1.165, 1.54) is 0 Å². The molecule has 0 aliphatic rings. The van der Waals surface area contributed by atoms with Crippen molar-refractivity contribution >= 4 is 22.6 Å². The lowest BCUT2D eigenvalue weighted by Crippen LogP contribution is -2.20. The number of thiol groups is 1. The van der Waals surface area contributed by atoms with E-state index in [0.717, 1.165) is 23.3 Å². The Bertz CT molecular complexity index is 814. The molecule has 0 radical (unpaired) electrons. The third-order valence-electron chi connectivity index (χ3n) is 4.49. The lowest BCUT2D eigenvalue weighted by atomic mass is 9.78. The zero-order valence-corrected chi connectivity index (χ0v) is 18.1. The second-order valence-electron chi connectivity index (χ2n) is 6.99. The summed E-state index contributed by atoms with van der Waals surface area (Å²) in [6.45, 7) is 4.00. The zero-order valence-electron chi connectivity index (χ0n) is 16.5. The Kier molecular flexibility index (Phi) is 9.20. The number of hydrogen-bond acceptors (Lipinski definition) is 5. The van der Waals surface area contributed by atoms with Gasteiger partial charge in [-0.2, -0.15) is 0 Å². The second-order valence-corrected chi connectivity index (χ2v) is 8.08. The highest BCUT2D eigenvalue weighted by Gasteiger charge is 2.23. The molecule has 1 atom stereocenters. The molecular weight excluding hydrogens is 419 g/mol. The Balaban J connectivity index is 1.96. The Hall–Kier alpha value is -1.83. The number of hydrogen-bond donors (Lipinski definition) is 1. The van der Waals surface area contributed by atoms with Gasteiger partial charge in [-0.3, -0.25) is 4.18 Å². The van der Waals surface area contributed by atoms with Crippen molar-refractivity contribution in [2.24, 2.45) is 0 Å². The molecule has 2 aromatic carbocycles. The van der Waals surface area contributed by atoms with Gasteiger partial charge in [0.2, 0.25) is 0 Å². The predicted octanol–water partition coefficient (Wildman–Crippen LogP) is 4.28. The predicted molar refractivity (Wildman–Crippen MR) is 113 cm³/mol. The largest absolute Gasteiger partial charge is 0.494 e. The van der Waals surface area contributed by atoms with Crippen LogP contribution in [-0.2, 0) is 20.6 Å². The third-order valence-corrected chi connectivity index (χ3v) is 5.12. The Morgan fingerprint density at radius 1 is 0.931 bits per heavy atom. The minimum atomic E-state index is -3.05. The molecule has 2 rings (SSSR count). The van der Waals surface area contributed by atoms with Crippen molar-refractivity contribution in [2.75, 3.05) is 25.7 Å². The normalized spacial score (nSPS) is 12.7. The second kappa shape index (κ2) is 11.4. The molecule has 29 heavy (non-hydrogen) atoms. The molecule has 0 amide bonds. The van der Waals surface area contributed by atoms with Gasteiger partial charge in [0.15, 0.2) is 6.17 Å². The Morgan fingerprint density at radius 3 is 1.93 bits per heavy atom. The van der Waals surface area contributed by atoms with E-state index in [4.69, 9.17) is 21.1 Å². The first kappa shape index (κ1) is 23.4. The third kappa shape index (κ3) is 7.49. The minimum absolute atomic E-state index is 0.247. The molecule has 8 heteroatoms. The van der Waals surface area contributed by atoms with Crippen LogP contribution in [0.25, 0.3) is 0 Å². The molecule has 1 unspecified atom stereocenters. The number of benzene rings is 2. The fraction of sp³-hybridized carbons (Fsp3) is 0.429. The highest BCUT2D eigenvalue weighted by molar-refractivity contribution is 7.67. The van der Waals surface area contributed by atoms with Gasteiger partial charge in [0.1, 0.15) is 24.7 Å². The van der Waals surface area contributed by atoms with Crippen molar-refractivity contribution in [3.05, 3.63) is 59.7 Å². The van der Waals surface area contributed by atoms with Gasteiger partial charge in [-0.25, -0.2) is 12.8 Å². The lowest BCUT2D eigenvalue weighted by Gasteiger charge is -2.26. The highest BCUT2D eigenvalue weighted by atomic mass is 35.5. The average Bonchev–Trinajstić information content (AvgIpc) is 2.71. The van der Waals surface area contributed by atoms with Gasteiger partial charge >= 0.3 is 0 Å². The monoisotopic (exact) mass is 444 g/mol. The first-order chi connectivity index (χ1) is 13.8. The summed E-state index contributed by atoms with van der Waals surface area (Å²) in [5, 5.41) is 0. The van der Waals surface area contributed by atoms with Crippen LogP contribution < -0.4 is 9.47 Å². The summed E-state index contributed by atoms with van der Waals surface area (Å²) in [6, 6.07) is 15.4. The topological polar surface area (TPSA) is 61.8 Å². The molecule has 2 aromatic rings. The van der Waals surface area contributed by atoms with E-state index < -0.39 is 23.8 Å². The summed E-state index contributed by atoms with van der Waals surface area (Å²) in [5.74, 6) is 1.89. The number of alkyl halides is 2. The molecule has 0 saturated carbocycles. The minimum Gasteiger partial charge on any atom is -0.494 e. The van der Waals surface area contributed by atoms with Gasteiger partial charge in [-0.05, 0) is 41.8 Å². The zero-order chi connectivity index (χ0) is 21.3. The standard InChI is InChI=1S/C21H26ClFO5S/c1-21(2,16-4-8-19(9-5-16)26-13-3-12-22)17-6-10-20(11-7-17)27-14-18(23)15-28-29(24)25/h4-11,18,29H,3,12-15H2,1-2H3. The van der Waals surface area contributed by atoms with Crippen molar-refractivity contribution in [3.8, 4) is 11.5 Å². The molecule has 0 aromatic heterocycles. The molecule has 0 saturated heterocycles.